The van der Waals surface area contributed by atoms with E-state index in [2.05, 4.69) is 68.5 Å². The topological polar surface area (TPSA) is 9.23 Å². The van der Waals surface area contributed by atoms with Gasteiger partial charge in [0.15, 0.2) is 0 Å². The van der Waals surface area contributed by atoms with Crippen LogP contribution < -0.4 is 0 Å². The fourth-order valence-electron chi connectivity index (χ4n) is 2.86. The second kappa shape index (κ2) is 8.34. The molecule has 0 radical (unpaired) electrons. The zero-order valence-electron chi connectivity index (χ0n) is 14.8. The molecule has 1 heteroatoms. The molecule has 0 aliphatic rings. The highest BCUT2D eigenvalue weighted by Gasteiger charge is 2.19. The van der Waals surface area contributed by atoms with Crippen LogP contribution >= 0.6 is 0 Å². The van der Waals surface area contributed by atoms with E-state index < -0.39 is 0 Å². The van der Waals surface area contributed by atoms with Gasteiger partial charge in [-0.2, -0.15) is 0 Å². The molecule has 126 valence electrons. The van der Waals surface area contributed by atoms with Crippen molar-refractivity contribution >= 4 is 11.8 Å². The third kappa shape index (κ3) is 4.60. The van der Waals surface area contributed by atoms with E-state index in [-0.39, 0.29) is 6.10 Å². The van der Waals surface area contributed by atoms with E-state index in [1.807, 2.05) is 42.5 Å². The molecule has 3 aromatic carbocycles. The van der Waals surface area contributed by atoms with Gasteiger partial charge in [-0.3, -0.25) is 0 Å². The van der Waals surface area contributed by atoms with E-state index in [0.717, 1.165) is 16.9 Å². The summed E-state index contributed by atoms with van der Waals surface area (Å²) in [6.45, 7) is 4.39. The standard InChI is InChI=1S/C24H24O/c1-19(2)24(22-16-10-5-11-17-22)25-23(21-14-8-4-9-15-21)18-20-12-6-3-7-13-20/h3-19,24H,1-2H3/b23-18-. The minimum atomic E-state index is 0.0105. The SMILES string of the molecule is CC(C)C(O/C(=C\c1ccccc1)c1ccccc1)c1ccccc1. The Balaban J connectivity index is 1.98. The molecule has 0 aliphatic carbocycles. The Morgan fingerprint density at radius 2 is 1.24 bits per heavy atom. The van der Waals surface area contributed by atoms with Gasteiger partial charge in [0.2, 0.25) is 0 Å². The van der Waals surface area contributed by atoms with E-state index in [1.54, 1.807) is 0 Å². The maximum atomic E-state index is 6.55. The summed E-state index contributed by atoms with van der Waals surface area (Å²) in [7, 11) is 0. The molecular weight excluding hydrogens is 304 g/mol. The van der Waals surface area contributed by atoms with E-state index in [9.17, 15) is 0 Å². The predicted octanol–water partition coefficient (Wildman–Crippen LogP) is 6.60. The van der Waals surface area contributed by atoms with Crippen LogP contribution in [0.3, 0.4) is 0 Å². The molecule has 0 amide bonds. The van der Waals surface area contributed by atoms with Crippen molar-refractivity contribution in [2.24, 2.45) is 5.92 Å². The quantitative estimate of drug-likeness (QED) is 0.366. The summed E-state index contributed by atoms with van der Waals surface area (Å²) in [5.41, 5.74) is 3.43. The van der Waals surface area contributed by atoms with Crippen LogP contribution in [0.2, 0.25) is 0 Å². The number of hydrogen-bond acceptors (Lipinski definition) is 1. The minimum absolute atomic E-state index is 0.0105. The minimum Gasteiger partial charge on any atom is -0.485 e. The molecule has 0 heterocycles. The first-order valence-corrected chi connectivity index (χ1v) is 8.78. The lowest BCUT2D eigenvalue weighted by Crippen LogP contribution is -2.10. The Bertz CT molecular complexity index is 789. The summed E-state index contributed by atoms with van der Waals surface area (Å²) in [4.78, 5) is 0. The van der Waals surface area contributed by atoms with Crippen LogP contribution in [0.25, 0.3) is 11.8 Å². The van der Waals surface area contributed by atoms with Gasteiger partial charge >= 0.3 is 0 Å². The summed E-state index contributed by atoms with van der Waals surface area (Å²) in [6.07, 6.45) is 2.13. The molecule has 0 aliphatic heterocycles. The van der Waals surface area contributed by atoms with Gasteiger partial charge in [0, 0.05) is 5.56 Å². The Labute approximate surface area is 150 Å². The molecule has 0 saturated heterocycles. The molecule has 1 unspecified atom stereocenters. The molecule has 0 N–H and O–H groups in total. The fraction of sp³-hybridized carbons (Fsp3) is 0.167. The first-order chi connectivity index (χ1) is 12.2. The summed E-state index contributed by atoms with van der Waals surface area (Å²) < 4.78 is 6.55. The second-order valence-corrected chi connectivity index (χ2v) is 6.48. The Morgan fingerprint density at radius 3 is 1.80 bits per heavy atom. The molecule has 25 heavy (non-hydrogen) atoms. The van der Waals surface area contributed by atoms with Gasteiger partial charge in [0.25, 0.3) is 0 Å². The molecule has 3 rings (SSSR count). The molecule has 1 atom stereocenters. The molecule has 1 nitrogen and oxygen atoms in total. The van der Waals surface area contributed by atoms with Crippen molar-refractivity contribution in [3.05, 3.63) is 108 Å². The molecule has 0 bridgehead atoms. The fourth-order valence-corrected chi connectivity index (χ4v) is 2.86. The summed E-state index contributed by atoms with van der Waals surface area (Å²) >= 11 is 0. The lowest BCUT2D eigenvalue weighted by atomic mass is 9.98. The van der Waals surface area contributed by atoms with Crippen molar-refractivity contribution in [1.29, 1.82) is 0 Å². The Morgan fingerprint density at radius 1 is 0.720 bits per heavy atom. The van der Waals surface area contributed by atoms with Gasteiger partial charge in [-0.05, 0) is 23.1 Å². The zero-order valence-corrected chi connectivity index (χ0v) is 14.8. The Kier molecular flexibility index (Phi) is 5.69. The highest BCUT2D eigenvalue weighted by Crippen LogP contribution is 2.32. The van der Waals surface area contributed by atoms with Gasteiger partial charge in [0.1, 0.15) is 11.9 Å². The summed E-state index contributed by atoms with van der Waals surface area (Å²) in [6, 6.07) is 31.1. The van der Waals surface area contributed by atoms with Crippen LogP contribution in [0.4, 0.5) is 0 Å². The monoisotopic (exact) mass is 328 g/mol. The molecular formula is C24H24O. The number of ether oxygens (including phenoxy) is 1. The van der Waals surface area contributed by atoms with E-state index in [1.165, 1.54) is 5.56 Å². The number of rotatable bonds is 6. The van der Waals surface area contributed by atoms with Crippen molar-refractivity contribution in [3.8, 4) is 0 Å². The summed E-state index contributed by atoms with van der Waals surface area (Å²) in [5, 5.41) is 0. The maximum Gasteiger partial charge on any atom is 0.128 e. The van der Waals surface area contributed by atoms with Crippen molar-refractivity contribution in [2.75, 3.05) is 0 Å². The van der Waals surface area contributed by atoms with Gasteiger partial charge in [0.05, 0.1) is 0 Å². The lowest BCUT2D eigenvalue weighted by molar-refractivity contribution is 0.122. The van der Waals surface area contributed by atoms with Gasteiger partial charge in [-0.1, -0.05) is 105 Å². The zero-order chi connectivity index (χ0) is 17.5. The van der Waals surface area contributed by atoms with Crippen LogP contribution in [0, 0.1) is 5.92 Å². The largest absolute Gasteiger partial charge is 0.485 e. The highest BCUT2D eigenvalue weighted by atomic mass is 16.5. The second-order valence-electron chi connectivity index (χ2n) is 6.48. The third-order valence-electron chi connectivity index (χ3n) is 4.14. The first-order valence-electron chi connectivity index (χ1n) is 8.78. The Hall–Kier alpha value is -2.80. The van der Waals surface area contributed by atoms with E-state index in [4.69, 9.17) is 4.74 Å². The van der Waals surface area contributed by atoms with Crippen molar-refractivity contribution in [2.45, 2.75) is 20.0 Å². The average Bonchev–Trinajstić information content (AvgIpc) is 2.67. The molecule has 0 fully saturated rings. The van der Waals surface area contributed by atoms with Crippen molar-refractivity contribution < 1.29 is 4.74 Å². The van der Waals surface area contributed by atoms with Crippen LogP contribution in [0.1, 0.15) is 36.6 Å². The summed E-state index contributed by atoms with van der Waals surface area (Å²) in [5.74, 6) is 1.26. The lowest BCUT2D eigenvalue weighted by Gasteiger charge is -2.25. The van der Waals surface area contributed by atoms with Gasteiger partial charge in [-0.25, -0.2) is 0 Å². The smallest absolute Gasteiger partial charge is 0.128 e. The van der Waals surface area contributed by atoms with Crippen molar-refractivity contribution in [3.63, 3.8) is 0 Å². The third-order valence-corrected chi connectivity index (χ3v) is 4.14. The molecule has 0 spiro atoms. The molecule has 3 aromatic rings. The van der Waals surface area contributed by atoms with E-state index >= 15 is 0 Å². The van der Waals surface area contributed by atoms with Crippen LogP contribution in [0.5, 0.6) is 0 Å². The van der Waals surface area contributed by atoms with Gasteiger partial charge in [-0.15, -0.1) is 0 Å². The number of hydrogen-bond donors (Lipinski definition) is 0. The molecule has 0 aromatic heterocycles. The van der Waals surface area contributed by atoms with E-state index in [0.29, 0.717) is 5.92 Å². The normalized spacial score (nSPS) is 12.8. The van der Waals surface area contributed by atoms with Crippen LogP contribution in [0.15, 0.2) is 91.0 Å². The van der Waals surface area contributed by atoms with Crippen LogP contribution in [-0.4, -0.2) is 0 Å². The van der Waals surface area contributed by atoms with Gasteiger partial charge < -0.3 is 4.74 Å². The predicted molar refractivity (Wildman–Crippen MR) is 106 cm³/mol. The highest BCUT2D eigenvalue weighted by molar-refractivity contribution is 5.77. The number of benzene rings is 3. The van der Waals surface area contributed by atoms with Crippen molar-refractivity contribution in [1.82, 2.24) is 0 Å². The van der Waals surface area contributed by atoms with Crippen LogP contribution in [-0.2, 0) is 4.74 Å². The first kappa shape index (κ1) is 17.0. The molecule has 0 saturated carbocycles. The average molecular weight is 328 g/mol. The maximum absolute atomic E-state index is 6.55.